The van der Waals surface area contributed by atoms with Gasteiger partial charge in [0.25, 0.3) is 0 Å². The van der Waals surface area contributed by atoms with Gasteiger partial charge in [0.2, 0.25) is 0 Å². The number of pyridine rings is 1. The van der Waals surface area contributed by atoms with Crippen LogP contribution < -0.4 is 15.8 Å². The summed E-state index contributed by atoms with van der Waals surface area (Å²) in [7, 11) is 1.59. The zero-order valence-electron chi connectivity index (χ0n) is 10.1. The molecule has 0 aliphatic rings. The first-order valence-electron chi connectivity index (χ1n) is 5.41. The number of nitrogens with zero attached hydrogens (tertiary/aromatic N) is 2. The van der Waals surface area contributed by atoms with Gasteiger partial charge in [0.15, 0.2) is 5.69 Å². The molecule has 0 bridgehead atoms. The van der Waals surface area contributed by atoms with Crippen LogP contribution in [0.1, 0.15) is 5.69 Å². The Morgan fingerprint density at radius 2 is 2.16 bits per heavy atom. The number of benzene rings is 1. The highest BCUT2D eigenvalue weighted by Gasteiger charge is 2.07. The standard InChI is InChI=1S/C13H11BrN4O/c1-19-12-4-2-8(14)6-10(12)17-13-5-3-9(16)11(7-15)18-13/h2-6H,16H2,1H3,(H,17,18). The maximum Gasteiger partial charge on any atom is 0.165 e. The fraction of sp³-hybridized carbons (Fsp3) is 0.0769. The predicted octanol–water partition coefficient (Wildman–Crippen LogP) is 3.05. The Bertz CT molecular complexity index is 652. The van der Waals surface area contributed by atoms with E-state index in [4.69, 9.17) is 15.7 Å². The number of hydrogen-bond donors (Lipinski definition) is 2. The molecule has 0 saturated heterocycles. The molecule has 1 heterocycles. The average molecular weight is 319 g/mol. The molecule has 1 aromatic carbocycles. The van der Waals surface area contributed by atoms with Crippen LogP contribution in [-0.2, 0) is 0 Å². The first-order chi connectivity index (χ1) is 9.13. The molecule has 0 spiro atoms. The van der Waals surface area contributed by atoms with Crippen LogP contribution in [0, 0.1) is 11.3 Å². The summed E-state index contributed by atoms with van der Waals surface area (Å²) < 4.78 is 6.16. The van der Waals surface area contributed by atoms with Crippen molar-refractivity contribution in [1.82, 2.24) is 4.98 Å². The van der Waals surface area contributed by atoms with E-state index in [1.807, 2.05) is 24.3 Å². The summed E-state index contributed by atoms with van der Waals surface area (Å²) in [6, 6.07) is 10.9. The maximum atomic E-state index is 8.90. The number of hydrogen-bond acceptors (Lipinski definition) is 5. The third kappa shape index (κ3) is 2.95. The highest BCUT2D eigenvalue weighted by atomic mass is 79.9. The van der Waals surface area contributed by atoms with Gasteiger partial charge in [-0.05, 0) is 30.3 Å². The number of aromatic nitrogens is 1. The molecule has 1 aromatic heterocycles. The molecule has 0 fully saturated rings. The number of methoxy groups -OCH3 is 1. The SMILES string of the molecule is COc1ccc(Br)cc1Nc1ccc(N)c(C#N)n1. The van der Waals surface area contributed by atoms with Gasteiger partial charge in [-0.25, -0.2) is 4.98 Å². The summed E-state index contributed by atoms with van der Waals surface area (Å²) in [6.45, 7) is 0. The van der Waals surface area contributed by atoms with Gasteiger partial charge in [-0.15, -0.1) is 0 Å². The number of nitrogens with two attached hydrogens (primary N) is 1. The summed E-state index contributed by atoms with van der Waals surface area (Å²) in [6.07, 6.45) is 0. The van der Waals surface area contributed by atoms with Gasteiger partial charge >= 0.3 is 0 Å². The van der Waals surface area contributed by atoms with Crippen molar-refractivity contribution in [1.29, 1.82) is 5.26 Å². The fourth-order valence-electron chi connectivity index (χ4n) is 1.54. The van der Waals surface area contributed by atoms with E-state index in [2.05, 4.69) is 26.2 Å². The molecule has 0 aliphatic carbocycles. The number of ether oxygens (including phenoxy) is 1. The lowest BCUT2D eigenvalue weighted by atomic mass is 10.2. The number of halogens is 1. The normalized spacial score (nSPS) is 9.74. The van der Waals surface area contributed by atoms with Crippen LogP contribution in [-0.4, -0.2) is 12.1 Å². The second-order valence-corrected chi connectivity index (χ2v) is 4.63. The number of anilines is 3. The largest absolute Gasteiger partial charge is 0.495 e. The molecule has 6 heteroatoms. The van der Waals surface area contributed by atoms with Crippen LogP contribution in [0.5, 0.6) is 5.75 Å². The molecule has 2 aromatic rings. The molecular formula is C13H11BrN4O. The Morgan fingerprint density at radius 1 is 1.37 bits per heavy atom. The number of nitrogens with one attached hydrogen (secondary N) is 1. The quantitative estimate of drug-likeness (QED) is 0.908. The summed E-state index contributed by atoms with van der Waals surface area (Å²) in [5.74, 6) is 1.21. The van der Waals surface area contributed by atoms with Crippen LogP contribution in [0.2, 0.25) is 0 Å². The second kappa shape index (κ2) is 5.59. The minimum Gasteiger partial charge on any atom is -0.495 e. The molecule has 5 nitrogen and oxygen atoms in total. The van der Waals surface area contributed by atoms with E-state index in [0.717, 1.165) is 10.2 Å². The van der Waals surface area contributed by atoms with Crippen LogP contribution >= 0.6 is 15.9 Å². The highest BCUT2D eigenvalue weighted by molar-refractivity contribution is 9.10. The Labute approximate surface area is 119 Å². The molecule has 3 N–H and O–H groups in total. The Kier molecular flexibility index (Phi) is 3.88. The fourth-order valence-corrected chi connectivity index (χ4v) is 1.91. The summed E-state index contributed by atoms with van der Waals surface area (Å²) in [5, 5.41) is 12.0. The Balaban J connectivity index is 2.36. The molecule has 0 unspecified atom stereocenters. The van der Waals surface area contributed by atoms with E-state index in [1.54, 1.807) is 19.2 Å². The van der Waals surface area contributed by atoms with E-state index in [1.165, 1.54) is 0 Å². The van der Waals surface area contributed by atoms with Crippen molar-refractivity contribution >= 4 is 33.1 Å². The molecule has 0 atom stereocenters. The van der Waals surface area contributed by atoms with Crippen molar-refractivity contribution in [3.05, 3.63) is 40.5 Å². The van der Waals surface area contributed by atoms with E-state index < -0.39 is 0 Å². The Morgan fingerprint density at radius 3 is 2.84 bits per heavy atom. The summed E-state index contributed by atoms with van der Waals surface area (Å²) in [5.41, 5.74) is 6.93. The molecule has 2 rings (SSSR count). The minimum atomic E-state index is 0.193. The number of rotatable bonds is 3. The molecule has 19 heavy (non-hydrogen) atoms. The number of nitrogen functional groups attached to an aromatic ring is 1. The first kappa shape index (κ1) is 13.2. The van der Waals surface area contributed by atoms with Crippen molar-refractivity contribution in [2.45, 2.75) is 0 Å². The highest BCUT2D eigenvalue weighted by Crippen LogP contribution is 2.30. The maximum absolute atomic E-state index is 8.90. The Hall–Kier alpha value is -2.26. The van der Waals surface area contributed by atoms with E-state index in [0.29, 0.717) is 17.3 Å². The third-order valence-electron chi connectivity index (χ3n) is 2.46. The van der Waals surface area contributed by atoms with Crippen molar-refractivity contribution in [2.75, 3.05) is 18.2 Å². The topological polar surface area (TPSA) is 84.0 Å². The zero-order chi connectivity index (χ0) is 13.8. The van der Waals surface area contributed by atoms with Gasteiger partial charge in [-0.2, -0.15) is 5.26 Å². The molecule has 0 saturated carbocycles. The first-order valence-corrected chi connectivity index (χ1v) is 6.20. The lowest BCUT2D eigenvalue weighted by Crippen LogP contribution is -2.00. The van der Waals surface area contributed by atoms with E-state index >= 15 is 0 Å². The zero-order valence-corrected chi connectivity index (χ0v) is 11.7. The molecule has 96 valence electrons. The lowest BCUT2D eigenvalue weighted by molar-refractivity contribution is 0.416. The molecular weight excluding hydrogens is 308 g/mol. The van der Waals surface area contributed by atoms with Gasteiger partial charge in [0.05, 0.1) is 18.5 Å². The third-order valence-corrected chi connectivity index (χ3v) is 2.95. The minimum absolute atomic E-state index is 0.193. The number of nitriles is 1. The van der Waals surface area contributed by atoms with Crippen molar-refractivity contribution in [3.8, 4) is 11.8 Å². The predicted molar refractivity (Wildman–Crippen MR) is 77.3 cm³/mol. The molecule has 0 aliphatic heterocycles. The average Bonchev–Trinajstić information content (AvgIpc) is 2.41. The summed E-state index contributed by atoms with van der Waals surface area (Å²) in [4.78, 5) is 4.12. The van der Waals surface area contributed by atoms with Crippen LogP contribution in [0.15, 0.2) is 34.8 Å². The van der Waals surface area contributed by atoms with Crippen molar-refractivity contribution in [3.63, 3.8) is 0 Å². The second-order valence-electron chi connectivity index (χ2n) is 3.72. The summed E-state index contributed by atoms with van der Waals surface area (Å²) >= 11 is 3.39. The van der Waals surface area contributed by atoms with Gasteiger partial charge in [-0.3, -0.25) is 0 Å². The smallest absolute Gasteiger partial charge is 0.165 e. The van der Waals surface area contributed by atoms with Gasteiger partial charge in [0, 0.05) is 4.47 Å². The molecule has 0 amide bonds. The van der Waals surface area contributed by atoms with Crippen LogP contribution in [0.25, 0.3) is 0 Å². The molecule has 0 radical (unpaired) electrons. The van der Waals surface area contributed by atoms with Crippen LogP contribution in [0.3, 0.4) is 0 Å². The van der Waals surface area contributed by atoms with Gasteiger partial charge in [-0.1, -0.05) is 15.9 Å². The van der Waals surface area contributed by atoms with Crippen molar-refractivity contribution in [2.24, 2.45) is 0 Å². The van der Waals surface area contributed by atoms with Crippen molar-refractivity contribution < 1.29 is 4.74 Å². The lowest BCUT2D eigenvalue weighted by Gasteiger charge is -2.11. The monoisotopic (exact) mass is 318 g/mol. The van der Waals surface area contributed by atoms with E-state index in [9.17, 15) is 0 Å². The van der Waals surface area contributed by atoms with E-state index in [-0.39, 0.29) is 5.69 Å². The van der Waals surface area contributed by atoms with Gasteiger partial charge < -0.3 is 15.8 Å². The van der Waals surface area contributed by atoms with Crippen LogP contribution in [0.4, 0.5) is 17.2 Å². The van der Waals surface area contributed by atoms with Gasteiger partial charge in [0.1, 0.15) is 17.6 Å².